The molecule has 2 fully saturated rings. The number of rotatable bonds is 4. The molecule has 4 aromatic rings. The number of hydrogen-bond acceptors (Lipinski definition) is 5. The lowest BCUT2D eigenvalue weighted by molar-refractivity contribution is 0.0616. The number of nitriles is 1. The van der Waals surface area contributed by atoms with Crippen molar-refractivity contribution < 1.29 is 9.53 Å². The maximum Gasteiger partial charge on any atom is 0.330 e. The predicted octanol–water partition coefficient (Wildman–Crippen LogP) is 7.99. The second kappa shape index (κ2) is 12.6. The number of aromatic nitrogens is 2. The fourth-order valence-corrected chi connectivity index (χ4v) is 8.14. The van der Waals surface area contributed by atoms with E-state index in [1.807, 2.05) is 36.1 Å². The van der Waals surface area contributed by atoms with E-state index in [1.165, 1.54) is 10.8 Å². The Morgan fingerprint density at radius 2 is 1.93 bits per heavy atom. The van der Waals surface area contributed by atoms with Gasteiger partial charge in [0.1, 0.15) is 18.4 Å². The van der Waals surface area contributed by atoms with Crippen LogP contribution in [0.15, 0.2) is 54.9 Å². The summed E-state index contributed by atoms with van der Waals surface area (Å²) >= 11 is 14.0. The molecule has 1 aromatic heterocycles. The minimum Gasteiger partial charge on any atom is -0.490 e. The van der Waals surface area contributed by atoms with Crippen molar-refractivity contribution in [1.29, 1.82) is 5.26 Å². The zero-order chi connectivity index (χ0) is 31.9. The lowest BCUT2D eigenvalue weighted by Crippen LogP contribution is -2.52. The molecule has 0 radical (unpaired) electrons. The summed E-state index contributed by atoms with van der Waals surface area (Å²) in [5, 5.41) is 12.7. The average molecular weight is 653 g/mol. The van der Waals surface area contributed by atoms with Crippen LogP contribution in [0, 0.1) is 35.0 Å². The maximum absolute atomic E-state index is 13.5. The van der Waals surface area contributed by atoms with Gasteiger partial charge in [0.25, 0.3) is 0 Å². The van der Waals surface area contributed by atoms with Gasteiger partial charge in [-0.25, -0.2) is 14.3 Å². The van der Waals surface area contributed by atoms with E-state index in [-0.39, 0.29) is 23.9 Å². The number of carbonyl (C=O) groups is 1. The average Bonchev–Trinajstić information content (AvgIpc) is 3.84. The molecule has 0 bridgehead atoms. The number of likely N-dealkylation sites (tertiary alicyclic amines) is 1. The smallest absolute Gasteiger partial charge is 0.330 e. The van der Waals surface area contributed by atoms with Gasteiger partial charge in [0.2, 0.25) is 5.82 Å². The molecular formula is C37H35Cl2N5O2. The molecule has 0 spiro atoms. The molecule has 9 heteroatoms. The van der Waals surface area contributed by atoms with Crippen molar-refractivity contribution >= 4 is 40.0 Å². The summed E-state index contributed by atoms with van der Waals surface area (Å²) in [5.41, 5.74) is 3.67. The number of hydrogen-bond donors (Lipinski definition) is 0. The number of carbonyl (C=O) groups excluding carboxylic acids is 1. The molecule has 234 valence electrons. The van der Waals surface area contributed by atoms with Crippen LogP contribution < -0.4 is 4.74 Å². The summed E-state index contributed by atoms with van der Waals surface area (Å²) in [6.07, 6.45) is 7.22. The van der Waals surface area contributed by atoms with Gasteiger partial charge in [0, 0.05) is 71.2 Å². The number of fused-ring (bicyclic) bond motifs is 2. The van der Waals surface area contributed by atoms with E-state index >= 15 is 0 Å². The number of imidazole rings is 1. The van der Waals surface area contributed by atoms with Gasteiger partial charge in [-0.05, 0) is 74.4 Å². The molecule has 3 atom stereocenters. The Labute approximate surface area is 279 Å². The van der Waals surface area contributed by atoms with Crippen LogP contribution in [0.25, 0.3) is 21.9 Å². The Balaban J connectivity index is 1.17. The van der Waals surface area contributed by atoms with E-state index in [2.05, 4.69) is 52.9 Å². The molecule has 3 heterocycles. The summed E-state index contributed by atoms with van der Waals surface area (Å²) in [4.78, 5) is 22.0. The van der Waals surface area contributed by atoms with Crippen LogP contribution in [-0.2, 0) is 6.54 Å². The van der Waals surface area contributed by atoms with Crippen molar-refractivity contribution in [2.24, 2.45) is 11.8 Å². The second-order valence-electron chi connectivity index (χ2n) is 12.6. The Morgan fingerprint density at radius 1 is 1.13 bits per heavy atom. The standard InChI is InChI=1S/C37H35Cl2N5O2/c1-3-6-27-19-28-22-42(17-18-46-36(28)35(39)34(27)29-9-4-7-25-8-5-10-30(38)33(25)29)23(2)26-13-15-43(31(20-26)24-11-12-24)37(45)44-16-14-41-32(44)21-40/h4-5,7-10,14,16,19,23-24,26,31H,11-13,15,17-18,20,22H2,1-2H3. The monoisotopic (exact) mass is 651 g/mol. The third-order valence-corrected chi connectivity index (χ3v) is 10.7. The first-order chi connectivity index (χ1) is 22.4. The molecule has 3 unspecified atom stereocenters. The summed E-state index contributed by atoms with van der Waals surface area (Å²) < 4.78 is 7.81. The molecule has 7 nitrogen and oxygen atoms in total. The highest BCUT2D eigenvalue weighted by Gasteiger charge is 2.44. The van der Waals surface area contributed by atoms with Crippen molar-refractivity contribution in [1.82, 2.24) is 19.4 Å². The second-order valence-corrected chi connectivity index (χ2v) is 13.4. The molecule has 1 amide bonds. The van der Waals surface area contributed by atoms with E-state index in [1.54, 1.807) is 6.20 Å². The van der Waals surface area contributed by atoms with Crippen LogP contribution in [-0.4, -0.2) is 57.2 Å². The van der Waals surface area contributed by atoms with E-state index in [4.69, 9.17) is 27.9 Å². The van der Waals surface area contributed by atoms with Crippen LogP contribution in [0.3, 0.4) is 0 Å². The molecule has 1 saturated carbocycles. The fourth-order valence-electron chi connectivity index (χ4n) is 7.48. The van der Waals surface area contributed by atoms with Crippen molar-refractivity contribution in [3.63, 3.8) is 0 Å². The molecule has 2 aliphatic heterocycles. The number of benzene rings is 3. The van der Waals surface area contributed by atoms with Gasteiger partial charge in [-0.3, -0.25) is 4.90 Å². The first kappa shape index (κ1) is 30.6. The van der Waals surface area contributed by atoms with Gasteiger partial charge in [-0.15, -0.1) is 5.92 Å². The number of halogens is 2. The van der Waals surface area contributed by atoms with E-state index in [0.29, 0.717) is 47.3 Å². The first-order valence-electron chi connectivity index (χ1n) is 16.0. The topological polar surface area (TPSA) is 74.4 Å². The highest BCUT2D eigenvalue weighted by atomic mass is 35.5. The van der Waals surface area contributed by atoms with Gasteiger partial charge < -0.3 is 9.64 Å². The minimum absolute atomic E-state index is 0.135. The van der Waals surface area contributed by atoms with Gasteiger partial charge in [-0.1, -0.05) is 59.5 Å². The highest BCUT2D eigenvalue weighted by molar-refractivity contribution is 6.38. The zero-order valence-corrected chi connectivity index (χ0v) is 27.5. The van der Waals surface area contributed by atoms with E-state index in [0.717, 1.165) is 65.3 Å². The number of nitrogens with zero attached hydrogens (tertiary/aromatic N) is 5. The number of piperidine rings is 1. The molecule has 0 N–H and O–H groups in total. The normalized spacial score (nSPS) is 20.5. The van der Waals surface area contributed by atoms with E-state index in [9.17, 15) is 10.1 Å². The van der Waals surface area contributed by atoms with Crippen LogP contribution in [0.2, 0.25) is 10.0 Å². The zero-order valence-electron chi connectivity index (χ0n) is 26.0. The van der Waals surface area contributed by atoms with Crippen molar-refractivity contribution in [2.75, 3.05) is 19.7 Å². The quantitative estimate of drug-likeness (QED) is 0.209. The van der Waals surface area contributed by atoms with E-state index < -0.39 is 0 Å². The third kappa shape index (κ3) is 5.52. The predicted molar refractivity (Wildman–Crippen MR) is 181 cm³/mol. The lowest BCUT2D eigenvalue weighted by Gasteiger charge is -2.44. The largest absolute Gasteiger partial charge is 0.490 e. The first-order valence-corrected chi connectivity index (χ1v) is 16.7. The Kier molecular flexibility index (Phi) is 8.42. The third-order valence-electron chi connectivity index (χ3n) is 9.98. The van der Waals surface area contributed by atoms with Crippen LogP contribution in [0.5, 0.6) is 5.75 Å². The van der Waals surface area contributed by atoms with Crippen molar-refractivity contribution in [2.45, 2.75) is 58.2 Å². The molecule has 1 saturated heterocycles. The molecule has 3 aliphatic rings. The van der Waals surface area contributed by atoms with Gasteiger partial charge in [0.05, 0.1) is 5.02 Å². The molecular weight excluding hydrogens is 617 g/mol. The number of amides is 1. The molecule has 7 rings (SSSR count). The van der Waals surface area contributed by atoms with Gasteiger partial charge >= 0.3 is 6.03 Å². The molecule has 1 aliphatic carbocycles. The Hall–Kier alpha value is -4.01. The summed E-state index contributed by atoms with van der Waals surface area (Å²) in [5.74, 6) is 8.18. The number of ether oxygens (including phenoxy) is 1. The fraction of sp³-hybridized carbons (Fsp3) is 0.378. The SMILES string of the molecule is CC#Cc1cc2c(c(Cl)c1-c1cccc3cccc(Cl)c13)OCCN(C(C)C1CCN(C(=O)n3ccnc3C#N)C(C3CC3)C1)C2. The summed E-state index contributed by atoms with van der Waals surface area (Å²) in [6, 6.07) is 16.5. The van der Waals surface area contributed by atoms with Crippen LogP contribution in [0.4, 0.5) is 4.79 Å². The Morgan fingerprint density at radius 3 is 2.70 bits per heavy atom. The van der Waals surface area contributed by atoms with Crippen molar-refractivity contribution in [3.8, 4) is 34.8 Å². The van der Waals surface area contributed by atoms with Gasteiger partial charge in [-0.2, -0.15) is 5.26 Å². The maximum atomic E-state index is 13.5. The van der Waals surface area contributed by atoms with Crippen LogP contribution >= 0.6 is 23.2 Å². The van der Waals surface area contributed by atoms with Gasteiger partial charge in [0.15, 0.2) is 0 Å². The summed E-state index contributed by atoms with van der Waals surface area (Å²) in [6.45, 7) is 6.79. The van der Waals surface area contributed by atoms with Crippen LogP contribution in [0.1, 0.15) is 56.5 Å². The minimum atomic E-state index is -0.142. The Bertz CT molecular complexity index is 1930. The van der Waals surface area contributed by atoms with Crippen molar-refractivity contribution in [3.05, 3.63) is 81.9 Å². The molecule has 3 aromatic carbocycles. The molecule has 46 heavy (non-hydrogen) atoms. The summed E-state index contributed by atoms with van der Waals surface area (Å²) in [7, 11) is 0. The highest BCUT2D eigenvalue weighted by Crippen LogP contribution is 2.46. The lowest BCUT2D eigenvalue weighted by atomic mass is 9.83.